The van der Waals surface area contributed by atoms with Gasteiger partial charge in [-0.1, -0.05) is 30.3 Å². The minimum Gasteiger partial charge on any atom is -0.349 e. The summed E-state index contributed by atoms with van der Waals surface area (Å²) in [4.78, 5) is 25.6. The molecule has 3 aromatic rings. The third kappa shape index (κ3) is 4.72. The van der Waals surface area contributed by atoms with E-state index in [2.05, 4.69) is 5.32 Å². The van der Waals surface area contributed by atoms with E-state index < -0.39 is 23.1 Å². The maximum atomic E-state index is 13.1. The van der Waals surface area contributed by atoms with Crippen molar-refractivity contribution in [1.82, 2.24) is 9.88 Å². The predicted molar refractivity (Wildman–Crippen MR) is 111 cm³/mol. The standard InChI is InChI=1S/C23H23F3N2O2/c1-3-28-14-19(21(29)18-13-17(23(24,25)26)11-12-20(18)28)22(30)27-15(2)9-10-16-7-5-4-6-8-16/h4-8,11-15H,3,9-10H2,1-2H3,(H,27,30). The predicted octanol–water partition coefficient (Wildman–Crippen LogP) is 4.79. The van der Waals surface area contributed by atoms with Crippen LogP contribution in [-0.4, -0.2) is 16.5 Å². The van der Waals surface area contributed by atoms with Crippen molar-refractivity contribution in [3.63, 3.8) is 0 Å². The van der Waals surface area contributed by atoms with Crippen LogP contribution in [0.2, 0.25) is 0 Å². The lowest BCUT2D eigenvalue weighted by atomic mass is 10.0. The maximum absolute atomic E-state index is 13.1. The number of aryl methyl sites for hydroxylation is 2. The molecule has 1 heterocycles. The molecule has 0 radical (unpaired) electrons. The van der Waals surface area contributed by atoms with E-state index in [1.165, 1.54) is 12.3 Å². The summed E-state index contributed by atoms with van der Waals surface area (Å²) in [5, 5.41) is 2.68. The molecule has 1 N–H and O–H groups in total. The number of aromatic nitrogens is 1. The lowest BCUT2D eigenvalue weighted by molar-refractivity contribution is -0.137. The molecule has 0 bridgehead atoms. The number of carbonyl (C=O) groups excluding carboxylic acids is 1. The second kappa shape index (κ2) is 8.73. The molecule has 0 fully saturated rings. The molecule has 0 aliphatic rings. The monoisotopic (exact) mass is 416 g/mol. The fourth-order valence-electron chi connectivity index (χ4n) is 3.40. The molecule has 3 rings (SSSR count). The average molecular weight is 416 g/mol. The van der Waals surface area contributed by atoms with E-state index in [-0.39, 0.29) is 17.0 Å². The molecule has 1 unspecified atom stereocenters. The van der Waals surface area contributed by atoms with Crippen LogP contribution in [0.4, 0.5) is 13.2 Å². The van der Waals surface area contributed by atoms with Crippen molar-refractivity contribution in [3.8, 4) is 0 Å². The maximum Gasteiger partial charge on any atom is 0.416 e. The van der Waals surface area contributed by atoms with Gasteiger partial charge in [0.25, 0.3) is 5.91 Å². The molecular weight excluding hydrogens is 393 g/mol. The summed E-state index contributed by atoms with van der Waals surface area (Å²) in [6, 6.07) is 12.6. The zero-order valence-electron chi connectivity index (χ0n) is 16.8. The minimum absolute atomic E-state index is 0.115. The normalized spacial score (nSPS) is 12.7. The van der Waals surface area contributed by atoms with E-state index >= 15 is 0 Å². The molecule has 158 valence electrons. The van der Waals surface area contributed by atoms with Crippen LogP contribution in [0.15, 0.2) is 59.5 Å². The number of nitrogens with zero attached hydrogens (tertiary/aromatic N) is 1. The van der Waals surface area contributed by atoms with Crippen molar-refractivity contribution in [2.75, 3.05) is 0 Å². The summed E-state index contributed by atoms with van der Waals surface area (Å²) in [6.07, 6.45) is -1.73. The molecule has 1 atom stereocenters. The fraction of sp³-hybridized carbons (Fsp3) is 0.304. The van der Waals surface area contributed by atoms with Crippen molar-refractivity contribution in [2.45, 2.75) is 45.5 Å². The highest BCUT2D eigenvalue weighted by molar-refractivity contribution is 5.97. The van der Waals surface area contributed by atoms with Gasteiger partial charge in [0.05, 0.1) is 11.1 Å². The minimum atomic E-state index is -4.57. The Bertz CT molecular complexity index is 1110. The largest absolute Gasteiger partial charge is 0.416 e. The highest BCUT2D eigenvalue weighted by atomic mass is 19.4. The first kappa shape index (κ1) is 21.6. The molecule has 0 aliphatic heterocycles. The van der Waals surface area contributed by atoms with Crippen LogP contribution < -0.4 is 10.7 Å². The molecule has 1 aromatic heterocycles. The Morgan fingerprint density at radius 1 is 1.13 bits per heavy atom. The van der Waals surface area contributed by atoms with Crippen LogP contribution in [0.5, 0.6) is 0 Å². The van der Waals surface area contributed by atoms with Gasteiger partial charge in [-0.25, -0.2) is 0 Å². The van der Waals surface area contributed by atoms with Crippen molar-refractivity contribution >= 4 is 16.8 Å². The summed E-state index contributed by atoms with van der Waals surface area (Å²) in [5.74, 6) is -0.581. The summed E-state index contributed by atoms with van der Waals surface area (Å²) >= 11 is 0. The highest BCUT2D eigenvalue weighted by Crippen LogP contribution is 2.30. The zero-order valence-corrected chi connectivity index (χ0v) is 16.8. The molecule has 7 heteroatoms. The molecule has 0 spiro atoms. The van der Waals surface area contributed by atoms with Crippen molar-refractivity contribution in [1.29, 1.82) is 0 Å². The SMILES string of the molecule is CCn1cc(C(=O)NC(C)CCc2ccccc2)c(=O)c2cc(C(F)(F)F)ccc21. The van der Waals surface area contributed by atoms with E-state index in [9.17, 15) is 22.8 Å². The van der Waals surface area contributed by atoms with Gasteiger partial charge in [0.15, 0.2) is 0 Å². The molecule has 0 saturated carbocycles. The number of hydrogen-bond acceptors (Lipinski definition) is 2. The number of fused-ring (bicyclic) bond motifs is 1. The van der Waals surface area contributed by atoms with Gasteiger partial charge in [0.1, 0.15) is 5.56 Å². The van der Waals surface area contributed by atoms with E-state index in [0.717, 1.165) is 24.1 Å². The van der Waals surface area contributed by atoms with Gasteiger partial charge < -0.3 is 9.88 Å². The van der Waals surface area contributed by atoms with E-state index in [4.69, 9.17) is 0 Å². The van der Waals surface area contributed by atoms with Crippen LogP contribution in [-0.2, 0) is 19.1 Å². The van der Waals surface area contributed by atoms with Gasteiger partial charge >= 0.3 is 6.18 Å². The Morgan fingerprint density at radius 3 is 2.47 bits per heavy atom. The number of amides is 1. The average Bonchev–Trinajstić information content (AvgIpc) is 2.72. The van der Waals surface area contributed by atoms with E-state index in [0.29, 0.717) is 18.5 Å². The van der Waals surface area contributed by atoms with Gasteiger partial charge in [-0.15, -0.1) is 0 Å². The molecule has 0 saturated heterocycles. The smallest absolute Gasteiger partial charge is 0.349 e. The van der Waals surface area contributed by atoms with Crippen LogP contribution >= 0.6 is 0 Å². The first-order valence-corrected chi connectivity index (χ1v) is 9.80. The summed E-state index contributed by atoms with van der Waals surface area (Å²) in [5.41, 5.74) is -0.270. The molecule has 2 aromatic carbocycles. The number of nitrogens with one attached hydrogen (secondary N) is 1. The topological polar surface area (TPSA) is 51.1 Å². The van der Waals surface area contributed by atoms with Crippen molar-refractivity contribution < 1.29 is 18.0 Å². The van der Waals surface area contributed by atoms with Gasteiger partial charge in [-0.05, 0) is 50.5 Å². The number of pyridine rings is 1. The van der Waals surface area contributed by atoms with Crippen LogP contribution in [0, 0.1) is 0 Å². The molecule has 30 heavy (non-hydrogen) atoms. The highest BCUT2D eigenvalue weighted by Gasteiger charge is 2.31. The second-order valence-electron chi connectivity index (χ2n) is 7.29. The first-order valence-electron chi connectivity index (χ1n) is 9.80. The fourth-order valence-corrected chi connectivity index (χ4v) is 3.40. The second-order valence-corrected chi connectivity index (χ2v) is 7.29. The lowest BCUT2D eigenvalue weighted by Gasteiger charge is -2.16. The van der Waals surface area contributed by atoms with Gasteiger partial charge in [-0.3, -0.25) is 9.59 Å². The first-order chi connectivity index (χ1) is 14.2. The number of alkyl halides is 3. The summed E-state index contributed by atoms with van der Waals surface area (Å²) in [7, 11) is 0. The Labute approximate surface area is 172 Å². The van der Waals surface area contributed by atoms with Gasteiger partial charge in [0, 0.05) is 24.2 Å². The number of benzene rings is 2. The van der Waals surface area contributed by atoms with Gasteiger partial charge in [0.2, 0.25) is 5.43 Å². The third-order valence-electron chi connectivity index (χ3n) is 5.08. The van der Waals surface area contributed by atoms with Crippen LogP contribution in [0.3, 0.4) is 0 Å². The molecular formula is C23H23F3N2O2. The molecule has 0 aliphatic carbocycles. The van der Waals surface area contributed by atoms with Crippen LogP contribution in [0.1, 0.15) is 41.8 Å². The number of halogens is 3. The Kier molecular flexibility index (Phi) is 6.29. The number of hydrogen-bond donors (Lipinski definition) is 1. The van der Waals surface area contributed by atoms with Crippen LogP contribution in [0.25, 0.3) is 10.9 Å². The molecule has 1 amide bonds. The Balaban J connectivity index is 1.87. The third-order valence-corrected chi connectivity index (χ3v) is 5.08. The van der Waals surface area contributed by atoms with Gasteiger partial charge in [-0.2, -0.15) is 13.2 Å². The van der Waals surface area contributed by atoms with Crippen molar-refractivity contribution in [3.05, 3.63) is 81.6 Å². The Hall–Kier alpha value is -3.09. The number of rotatable bonds is 6. The quantitative estimate of drug-likeness (QED) is 0.628. The van der Waals surface area contributed by atoms with E-state index in [1.54, 1.807) is 11.5 Å². The molecule has 4 nitrogen and oxygen atoms in total. The Morgan fingerprint density at radius 2 is 1.83 bits per heavy atom. The lowest BCUT2D eigenvalue weighted by Crippen LogP contribution is -2.36. The summed E-state index contributed by atoms with van der Waals surface area (Å²) in [6.45, 7) is 4.04. The number of carbonyl (C=O) groups is 1. The van der Waals surface area contributed by atoms with Crippen molar-refractivity contribution in [2.24, 2.45) is 0 Å². The zero-order chi connectivity index (χ0) is 21.9. The summed E-state index contributed by atoms with van der Waals surface area (Å²) < 4.78 is 40.9. The van der Waals surface area contributed by atoms with E-state index in [1.807, 2.05) is 37.3 Å².